The number of hydrogen-bond acceptors (Lipinski definition) is 4. The zero-order chi connectivity index (χ0) is 16.1. The van der Waals surface area contributed by atoms with Crippen molar-refractivity contribution in [3.05, 3.63) is 51.2 Å². The van der Waals surface area contributed by atoms with Gasteiger partial charge in [0.15, 0.2) is 0 Å². The maximum atomic E-state index is 12.1. The van der Waals surface area contributed by atoms with Crippen LogP contribution in [0.3, 0.4) is 0 Å². The summed E-state index contributed by atoms with van der Waals surface area (Å²) < 4.78 is 5.02. The molecule has 0 aliphatic carbocycles. The topological polar surface area (TPSA) is 75.6 Å². The molecule has 6 heteroatoms. The predicted molar refractivity (Wildman–Crippen MR) is 85.5 cm³/mol. The minimum absolute atomic E-state index is 0.122. The molecule has 2 N–H and O–H groups in total. The number of hydrogen-bond donors (Lipinski definition) is 2. The Bertz CT molecular complexity index is 693. The van der Waals surface area contributed by atoms with Crippen molar-refractivity contribution in [3.63, 3.8) is 0 Å². The van der Waals surface area contributed by atoms with E-state index in [1.807, 2.05) is 19.1 Å². The van der Waals surface area contributed by atoms with Gasteiger partial charge in [0.05, 0.1) is 18.6 Å². The van der Waals surface area contributed by atoms with Crippen LogP contribution in [0.15, 0.2) is 30.3 Å². The lowest BCUT2D eigenvalue weighted by atomic mass is 10.1. The van der Waals surface area contributed by atoms with Gasteiger partial charge in [0.2, 0.25) is 5.91 Å². The third-order valence-electron chi connectivity index (χ3n) is 2.97. The predicted octanol–water partition coefficient (Wildman–Crippen LogP) is 3.08. The molecule has 1 heterocycles. The summed E-state index contributed by atoms with van der Waals surface area (Å²) >= 11 is 1.57. The molecule has 1 aromatic carbocycles. The summed E-state index contributed by atoms with van der Waals surface area (Å²) in [6.07, 6.45) is 0.273. The number of anilines is 1. The summed E-state index contributed by atoms with van der Waals surface area (Å²) in [7, 11) is 1.53. The van der Waals surface area contributed by atoms with Gasteiger partial charge < -0.3 is 15.2 Å². The number of thiophene rings is 1. The van der Waals surface area contributed by atoms with E-state index in [2.05, 4.69) is 5.32 Å². The Morgan fingerprint density at radius 3 is 2.64 bits per heavy atom. The molecule has 0 spiro atoms. The van der Waals surface area contributed by atoms with Crippen molar-refractivity contribution >= 4 is 28.9 Å². The average molecular weight is 319 g/mol. The standard InChI is InChI=1S/C16H17NO4S/c1-10-3-4-14(22-10)8-15(18)17-13-6-11(9-21-2)5-12(7-13)16(19)20/h3-7H,8-9H2,1-2H3,(H,17,18)(H,19,20). The van der Waals surface area contributed by atoms with Crippen LogP contribution in [0.25, 0.3) is 0 Å². The summed E-state index contributed by atoms with van der Waals surface area (Å²) in [4.78, 5) is 25.3. The minimum Gasteiger partial charge on any atom is -0.478 e. The quantitative estimate of drug-likeness (QED) is 0.858. The molecule has 0 fully saturated rings. The summed E-state index contributed by atoms with van der Waals surface area (Å²) in [5.41, 5.74) is 1.28. The number of carbonyl (C=O) groups excluding carboxylic acids is 1. The van der Waals surface area contributed by atoms with Crippen LogP contribution in [0.2, 0.25) is 0 Å². The van der Waals surface area contributed by atoms with Crippen molar-refractivity contribution in [1.82, 2.24) is 0 Å². The van der Waals surface area contributed by atoms with Crippen molar-refractivity contribution in [3.8, 4) is 0 Å². The van der Waals surface area contributed by atoms with Gasteiger partial charge in [0.1, 0.15) is 0 Å². The highest BCUT2D eigenvalue weighted by Gasteiger charge is 2.10. The molecular weight excluding hydrogens is 302 g/mol. The first kappa shape index (κ1) is 16.2. The number of carbonyl (C=O) groups is 2. The Labute approximate surface area is 132 Å². The molecule has 0 radical (unpaired) electrons. The third-order valence-corrected chi connectivity index (χ3v) is 3.97. The minimum atomic E-state index is -1.04. The van der Waals surface area contributed by atoms with Crippen molar-refractivity contribution in [2.45, 2.75) is 20.0 Å². The molecule has 0 unspecified atom stereocenters. The lowest BCUT2D eigenvalue weighted by Gasteiger charge is -2.09. The Kier molecular flexibility index (Phi) is 5.30. The molecule has 0 saturated carbocycles. The van der Waals surface area contributed by atoms with Gasteiger partial charge in [-0.25, -0.2) is 4.79 Å². The van der Waals surface area contributed by atoms with E-state index < -0.39 is 5.97 Å². The van der Waals surface area contributed by atoms with Crippen LogP contribution in [-0.2, 0) is 22.6 Å². The molecule has 116 valence electrons. The monoisotopic (exact) mass is 319 g/mol. The molecule has 22 heavy (non-hydrogen) atoms. The van der Waals surface area contributed by atoms with Gasteiger partial charge in [-0.2, -0.15) is 0 Å². The van der Waals surface area contributed by atoms with E-state index in [0.717, 1.165) is 9.75 Å². The van der Waals surface area contributed by atoms with Gasteiger partial charge in [-0.1, -0.05) is 0 Å². The van der Waals surface area contributed by atoms with Gasteiger partial charge in [-0.05, 0) is 42.8 Å². The van der Waals surface area contributed by atoms with Gasteiger partial charge in [-0.15, -0.1) is 11.3 Å². The van der Waals surface area contributed by atoms with E-state index in [9.17, 15) is 9.59 Å². The lowest BCUT2D eigenvalue weighted by molar-refractivity contribution is -0.115. The van der Waals surface area contributed by atoms with Gasteiger partial charge >= 0.3 is 5.97 Å². The van der Waals surface area contributed by atoms with E-state index in [1.165, 1.54) is 19.2 Å². The molecule has 2 rings (SSSR count). The first-order valence-corrected chi connectivity index (χ1v) is 7.51. The summed E-state index contributed by atoms with van der Waals surface area (Å²) in [6, 6.07) is 8.58. The van der Waals surface area contributed by atoms with Crippen LogP contribution in [-0.4, -0.2) is 24.1 Å². The number of aromatic carboxylic acids is 1. The lowest BCUT2D eigenvalue weighted by Crippen LogP contribution is -2.14. The molecule has 5 nitrogen and oxygen atoms in total. The molecule has 0 aliphatic rings. The Morgan fingerprint density at radius 2 is 2.05 bits per heavy atom. The second-order valence-electron chi connectivity index (χ2n) is 4.89. The second kappa shape index (κ2) is 7.20. The number of methoxy groups -OCH3 is 1. The zero-order valence-electron chi connectivity index (χ0n) is 12.4. The van der Waals surface area contributed by atoms with E-state index >= 15 is 0 Å². The maximum absolute atomic E-state index is 12.1. The highest BCUT2D eigenvalue weighted by Crippen LogP contribution is 2.19. The van der Waals surface area contributed by atoms with Crippen LogP contribution in [0.5, 0.6) is 0 Å². The molecule has 2 aromatic rings. The molecule has 0 bridgehead atoms. The van der Waals surface area contributed by atoms with Crippen LogP contribution >= 0.6 is 11.3 Å². The highest BCUT2D eigenvalue weighted by atomic mass is 32.1. The number of amides is 1. The number of benzene rings is 1. The first-order chi connectivity index (χ1) is 10.5. The van der Waals surface area contributed by atoms with Gasteiger partial charge in [0.25, 0.3) is 0 Å². The van der Waals surface area contributed by atoms with Gasteiger partial charge in [0, 0.05) is 22.6 Å². The van der Waals surface area contributed by atoms with Crippen molar-refractivity contribution in [2.24, 2.45) is 0 Å². The molecule has 1 amide bonds. The largest absolute Gasteiger partial charge is 0.478 e. The fourth-order valence-corrected chi connectivity index (χ4v) is 2.97. The highest BCUT2D eigenvalue weighted by molar-refractivity contribution is 7.12. The van der Waals surface area contributed by atoms with Gasteiger partial charge in [-0.3, -0.25) is 4.79 Å². The van der Waals surface area contributed by atoms with E-state index in [0.29, 0.717) is 11.3 Å². The SMILES string of the molecule is COCc1cc(NC(=O)Cc2ccc(C)s2)cc(C(=O)O)c1. The Balaban J connectivity index is 2.13. The van der Waals surface area contributed by atoms with Crippen LogP contribution in [0.1, 0.15) is 25.7 Å². The maximum Gasteiger partial charge on any atom is 0.335 e. The van der Waals surface area contributed by atoms with Crippen LogP contribution in [0.4, 0.5) is 5.69 Å². The van der Waals surface area contributed by atoms with E-state index in [4.69, 9.17) is 9.84 Å². The first-order valence-electron chi connectivity index (χ1n) is 6.69. The third kappa shape index (κ3) is 4.41. The molecular formula is C16H17NO4S. The van der Waals surface area contributed by atoms with Crippen LogP contribution < -0.4 is 5.32 Å². The smallest absolute Gasteiger partial charge is 0.335 e. The second-order valence-corrected chi connectivity index (χ2v) is 6.27. The normalized spacial score (nSPS) is 10.5. The fourth-order valence-electron chi connectivity index (χ4n) is 2.08. The number of carboxylic acid groups (broad SMARTS) is 1. The summed E-state index contributed by atoms with van der Waals surface area (Å²) in [5, 5.41) is 11.9. The van der Waals surface area contributed by atoms with Crippen LogP contribution in [0, 0.1) is 6.92 Å². The molecule has 0 saturated heterocycles. The van der Waals surface area contributed by atoms with Crippen molar-refractivity contribution in [1.29, 1.82) is 0 Å². The average Bonchev–Trinajstić information content (AvgIpc) is 2.83. The van der Waals surface area contributed by atoms with Crippen molar-refractivity contribution < 1.29 is 19.4 Å². The van der Waals surface area contributed by atoms with Crippen molar-refractivity contribution in [2.75, 3.05) is 12.4 Å². The number of carboxylic acids is 1. The Hall–Kier alpha value is -2.18. The number of aryl methyl sites for hydroxylation is 1. The number of nitrogens with one attached hydrogen (secondary N) is 1. The fraction of sp³-hybridized carbons (Fsp3) is 0.250. The van der Waals surface area contributed by atoms with E-state index in [1.54, 1.807) is 17.4 Å². The Morgan fingerprint density at radius 1 is 1.27 bits per heavy atom. The summed E-state index contributed by atoms with van der Waals surface area (Å²) in [6.45, 7) is 2.27. The van der Waals surface area contributed by atoms with E-state index in [-0.39, 0.29) is 24.5 Å². The summed E-state index contributed by atoms with van der Waals surface area (Å²) in [5.74, 6) is -1.21. The molecule has 0 atom stereocenters. The number of ether oxygens (including phenoxy) is 1. The zero-order valence-corrected chi connectivity index (χ0v) is 13.2. The number of rotatable bonds is 6. The molecule has 0 aliphatic heterocycles. The molecule has 1 aromatic heterocycles.